The molecular formula is C15H18BrN3OS. The summed E-state index contributed by atoms with van der Waals surface area (Å²) in [4.78, 5) is 2.21. The monoisotopic (exact) mass is 367 g/mol. The molecule has 0 aliphatic heterocycles. The van der Waals surface area contributed by atoms with Crippen LogP contribution in [0.5, 0.6) is 0 Å². The SMILES string of the molecule is CN(Cc1csc(Br)c1)C(CC(N)=NO)c1ccccc1. The lowest BCUT2D eigenvalue weighted by atomic mass is 10.0. The average molecular weight is 368 g/mol. The number of nitrogens with zero attached hydrogens (tertiary/aromatic N) is 2. The number of halogens is 1. The molecular weight excluding hydrogens is 350 g/mol. The first-order valence-electron chi connectivity index (χ1n) is 6.54. The first kappa shape index (κ1) is 16.0. The molecule has 4 nitrogen and oxygen atoms in total. The Labute approximate surface area is 137 Å². The van der Waals surface area contributed by atoms with Crippen LogP contribution in [0.25, 0.3) is 0 Å². The predicted octanol–water partition coefficient (Wildman–Crippen LogP) is 3.82. The number of hydrogen-bond acceptors (Lipinski definition) is 4. The van der Waals surface area contributed by atoms with Gasteiger partial charge in [0, 0.05) is 19.0 Å². The summed E-state index contributed by atoms with van der Waals surface area (Å²) < 4.78 is 1.12. The summed E-state index contributed by atoms with van der Waals surface area (Å²) in [5, 5.41) is 14.1. The van der Waals surface area contributed by atoms with Crippen molar-refractivity contribution >= 4 is 33.1 Å². The van der Waals surface area contributed by atoms with Gasteiger partial charge in [0.2, 0.25) is 0 Å². The molecule has 0 bridgehead atoms. The zero-order chi connectivity index (χ0) is 15.2. The molecule has 0 amide bonds. The van der Waals surface area contributed by atoms with E-state index in [1.807, 2.05) is 25.2 Å². The zero-order valence-electron chi connectivity index (χ0n) is 11.7. The summed E-state index contributed by atoms with van der Waals surface area (Å²) in [6.45, 7) is 0.806. The number of nitrogens with two attached hydrogens (primary N) is 1. The molecule has 3 N–H and O–H groups in total. The van der Waals surface area contributed by atoms with Crippen molar-refractivity contribution in [2.75, 3.05) is 7.05 Å². The van der Waals surface area contributed by atoms with Crippen molar-refractivity contribution in [3.63, 3.8) is 0 Å². The molecule has 1 aromatic carbocycles. The largest absolute Gasteiger partial charge is 0.409 e. The lowest BCUT2D eigenvalue weighted by Crippen LogP contribution is -2.28. The van der Waals surface area contributed by atoms with Gasteiger partial charge in [-0.1, -0.05) is 35.5 Å². The average Bonchev–Trinajstić information content (AvgIpc) is 2.90. The number of oxime groups is 1. The van der Waals surface area contributed by atoms with Crippen LogP contribution in [-0.4, -0.2) is 23.0 Å². The van der Waals surface area contributed by atoms with Gasteiger partial charge in [0.05, 0.1) is 3.79 Å². The summed E-state index contributed by atoms with van der Waals surface area (Å²) in [5.74, 6) is 0.238. The third kappa shape index (κ3) is 4.56. The van der Waals surface area contributed by atoms with Crippen LogP contribution in [0.4, 0.5) is 0 Å². The van der Waals surface area contributed by atoms with Crippen LogP contribution >= 0.6 is 27.3 Å². The fraction of sp³-hybridized carbons (Fsp3) is 0.267. The minimum Gasteiger partial charge on any atom is -0.409 e. The van der Waals surface area contributed by atoms with E-state index in [1.54, 1.807) is 11.3 Å². The summed E-state index contributed by atoms with van der Waals surface area (Å²) in [5.41, 5.74) is 8.11. The summed E-state index contributed by atoms with van der Waals surface area (Å²) in [7, 11) is 2.05. The third-order valence-corrected chi connectivity index (χ3v) is 4.85. The third-order valence-electron chi connectivity index (χ3n) is 3.30. The molecule has 112 valence electrons. The summed E-state index contributed by atoms with van der Waals surface area (Å²) >= 11 is 5.16. The molecule has 1 heterocycles. The number of hydrogen-bond donors (Lipinski definition) is 2. The van der Waals surface area contributed by atoms with Gasteiger partial charge in [-0.3, -0.25) is 4.90 Å². The van der Waals surface area contributed by atoms with Gasteiger partial charge in [0.25, 0.3) is 0 Å². The van der Waals surface area contributed by atoms with Gasteiger partial charge in [0.15, 0.2) is 0 Å². The van der Waals surface area contributed by atoms with E-state index in [2.05, 4.69) is 49.6 Å². The molecule has 1 unspecified atom stereocenters. The van der Waals surface area contributed by atoms with E-state index in [0.29, 0.717) is 6.42 Å². The molecule has 0 aliphatic carbocycles. The Morgan fingerprint density at radius 1 is 1.43 bits per heavy atom. The molecule has 0 aliphatic rings. The van der Waals surface area contributed by atoms with Gasteiger partial charge in [0.1, 0.15) is 5.84 Å². The summed E-state index contributed by atoms with van der Waals surface area (Å²) in [6.07, 6.45) is 0.488. The van der Waals surface area contributed by atoms with E-state index in [1.165, 1.54) is 5.56 Å². The van der Waals surface area contributed by atoms with Gasteiger partial charge in [-0.05, 0) is 45.6 Å². The second kappa shape index (κ2) is 7.59. The first-order chi connectivity index (χ1) is 10.1. The highest BCUT2D eigenvalue weighted by Gasteiger charge is 2.19. The Kier molecular flexibility index (Phi) is 5.78. The van der Waals surface area contributed by atoms with E-state index >= 15 is 0 Å². The lowest BCUT2D eigenvalue weighted by Gasteiger charge is -2.28. The molecule has 0 fully saturated rings. The second-order valence-corrected chi connectivity index (χ2v) is 7.19. The second-order valence-electron chi connectivity index (χ2n) is 4.90. The molecule has 21 heavy (non-hydrogen) atoms. The normalized spacial score (nSPS) is 13.6. The van der Waals surface area contributed by atoms with Gasteiger partial charge < -0.3 is 10.9 Å². The highest BCUT2D eigenvalue weighted by atomic mass is 79.9. The van der Waals surface area contributed by atoms with Crippen LogP contribution in [-0.2, 0) is 6.54 Å². The number of amidine groups is 1. The highest BCUT2D eigenvalue weighted by Crippen LogP contribution is 2.27. The van der Waals surface area contributed by atoms with Crippen molar-refractivity contribution in [1.29, 1.82) is 0 Å². The zero-order valence-corrected chi connectivity index (χ0v) is 14.1. The maximum absolute atomic E-state index is 8.85. The van der Waals surface area contributed by atoms with Crippen molar-refractivity contribution in [3.8, 4) is 0 Å². The smallest absolute Gasteiger partial charge is 0.141 e. The predicted molar refractivity (Wildman–Crippen MR) is 90.7 cm³/mol. The van der Waals surface area contributed by atoms with Crippen LogP contribution < -0.4 is 5.73 Å². The van der Waals surface area contributed by atoms with Crippen molar-refractivity contribution in [3.05, 3.63) is 56.7 Å². The maximum Gasteiger partial charge on any atom is 0.141 e. The van der Waals surface area contributed by atoms with Crippen molar-refractivity contribution < 1.29 is 5.21 Å². The molecule has 2 aromatic rings. The number of thiophene rings is 1. The van der Waals surface area contributed by atoms with Gasteiger partial charge in [-0.15, -0.1) is 11.3 Å². The van der Waals surface area contributed by atoms with Crippen molar-refractivity contribution in [2.45, 2.75) is 19.0 Å². The highest BCUT2D eigenvalue weighted by molar-refractivity contribution is 9.11. The molecule has 0 saturated carbocycles. The first-order valence-corrected chi connectivity index (χ1v) is 8.22. The van der Waals surface area contributed by atoms with Gasteiger partial charge in [-0.2, -0.15) is 0 Å². The molecule has 2 rings (SSSR count). The Balaban J connectivity index is 2.18. The minimum absolute atomic E-state index is 0.0702. The van der Waals surface area contributed by atoms with E-state index in [9.17, 15) is 0 Å². The molecule has 0 radical (unpaired) electrons. The van der Waals surface area contributed by atoms with Crippen LogP contribution in [0.15, 0.2) is 50.7 Å². The fourth-order valence-corrected chi connectivity index (χ4v) is 3.47. The molecule has 0 saturated heterocycles. The van der Waals surface area contributed by atoms with Crippen molar-refractivity contribution in [2.24, 2.45) is 10.9 Å². The van der Waals surface area contributed by atoms with Crippen LogP contribution in [0.3, 0.4) is 0 Å². The molecule has 0 spiro atoms. The Bertz CT molecular complexity index is 600. The molecule has 1 atom stereocenters. The Hall–Kier alpha value is -1.37. The fourth-order valence-electron chi connectivity index (χ4n) is 2.27. The topological polar surface area (TPSA) is 61.8 Å². The van der Waals surface area contributed by atoms with E-state index in [0.717, 1.165) is 15.9 Å². The Morgan fingerprint density at radius 3 is 2.71 bits per heavy atom. The minimum atomic E-state index is 0.0702. The lowest BCUT2D eigenvalue weighted by molar-refractivity contribution is 0.238. The van der Waals surface area contributed by atoms with E-state index < -0.39 is 0 Å². The quantitative estimate of drug-likeness (QED) is 0.353. The number of benzene rings is 1. The van der Waals surface area contributed by atoms with Crippen molar-refractivity contribution in [1.82, 2.24) is 4.90 Å². The summed E-state index contributed by atoms with van der Waals surface area (Å²) in [6, 6.07) is 12.3. The van der Waals surface area contributed by atoms with Crippen LogP contribution in [0.2, 0.25) is 0 Å². The molecule has 6 heteroatoms. The van der Waals surface area contributed by atoms with Gasteiger partial charge >= 0.3 is 0 Å². The van der Waals surface area contributed by atoms with Crippen LogP contribution in [0, 0.1) is 0 Å². The van der Waals surface area contributed by atoms with Crippen LogP contribution in [0.1, 0.15) is 23.6 Å². The molecule has 1 aromatic heterocycles. The number of rotatable bonds is 6. The standard InChI is InChI=1S/C15H18BrN3OS/c1-19(9-11-7-14(16)21-10-11)13(8-15(17)18-20)12-5-3-2-4-6-12/h2-7,10,13,20H,8-9H2,1H3,(H2,17,18). The Morgan fingerprint density at radius 2 is 2.14 bits per heavy atom. The maximum atomic E-state index is 8.85. The van der Waals surface area contributed by atoms with Gasteiger partial charge in [-0.25, -0.2) is 0 Å². The van der Waals surface area contributed by atoms with E-state index in [4.69, 9.17) is 10.9 Å². The van der Waals surface area contributed by atoms with E-state index in [-0.39, 0.29) is 11.9 Å².